The van der Waals surface area contributed by atoms with Crippen LogP contribution in [-0.2, 0) is 0 Å². The summed E-state index contributed by atoms with van der Waals surface area (Å²) in [5.41, 5.74) is 2.69. The van der Waals surface area contributed by atoms with Crippen molar-refractivity contribution in [2.45, 2.75) is 25.8 Å². The maximum absolute atomic E-state index is 3.66. The summed E-state index contributed by atoms with van der Waals surface area (Å²) in [7, 11) is 0. The van der Waals surface area contributed by atoms with E-state index in [1.807, 2.05) is 0 Å². The zero-order chi connectivity index (χ0) is 11.8. The normalized spacial score (nSPS) is 25.1. The van der Waals surface area contributed by atoms with Gasteiger partial charge in [-0.3, -0.25) is 0 Å². The van der Waals surface area contributed by atoms with Gasteiger partial charge >= 0.3 is 0 Å². The molecule has 0 spiro atoms. The zero-order valence-corrected chi connectivity index (χ0v) is 11.8. The molecule has 0 bridgehead atoms. The molecule has 0 amide bonds. The van der Waals surface area contributed by atoms with Crippen LogP contribution in [0.3, 0.4) is 0 Å². The van der Waals surface area contributed by atoms with Gasteiger partial charge in [0.25, 0.3) is 0 Å². The molecule has 3 rings (SSSR count). The monoisotopic (exact) mass is 294 g/mol. The molecule has 17 heavy (non-hydrogen) atoms. The van der Waals surface area contributed by atoms with E-state index in [-0.39, 0.29) is 0 Å². The summed E-state index contributed by atoms with van der Waals surface area (Å²) >= 11 is 3.59. The Kier molecular flexibility index (Phi) is 3.14. The van der Waals surface area contributed by atoms with Crippen LogP contribution in [0.4, 0.5) is 5.69 Å². The van der Waals surface area contributed by atoms with Crippen LogP contribution in [0.15, 0.2) is 22.7 Å². The largest absolute Gasteiger partial charge is 0.369 e. The molecular weight excluding hydrogens is 276 g/mol. The second-order valence-corrected chi connectivity index (χ2v) is 6.25. The van der Waals surface area contributed by atoms with E-state index in [1.54, 1.807) is 0 Å². The van der Waals surface area contributed by atoms with Gasteiger partial charge in [0.05, 0.1) is 0 Å². The lowest BCUT2D eigenvalue weighted by atomic mass is 10.1. The summed E-state index contributed by atoms with van der Waals surface area (Å²) in [5, 5.41) is 3.66. The molecule has 92 valence electrons. The maximum atomic E-state index is 3.66. The number of aryl methyl sites for hydroxylation is 1. The van der Waals surface area contributed by atoms with E-state index < -0.39 is 0 Å². The number of nitrogens with one attached hydrogen (secondary N) is 1. The number of hydrogen-bond donors (Lipinski definition) is 1. The summed E-state index contributed by atoms with van der Waals surface area (Å²) in [4.78, 5) is 2.53. The number of anilines is 1. The SMILES string of the molecule is Cc1cc(Br)cc(N2CCNC(C3CC3)C2)c1. The van der Waals surface area contributed by atoms with Gasteiger partial charge in [0, 0.05) is 35.8 Å². The molecule has 1 aliphatic carbocycles. The fourth-order valence-corrected chi connectivity index (χ4v) is 3.32. The first-order valence-electron chi connectivity index (χ1n) is 6.48. The van der Waals surface area contributed by atoms with Crippen molar-refractivity contribution in [3.63, 3.8) is 0 Å². The van der Waals surface area contributed by atoms with Crippen LogP contribution in [0.2, 0.25) is 0 Å². The van der Waals surface area contributed by atoms with Crippen molar-refractivity contribution in [2.75, 3.05) is 24.5 Å². The second-order valence-electron chi connectivity index (χ2n) is 5.33. The van der Waals surface area contributed by atoms with Gasteiger partial charge in [-0.1, -0.05) is 15.9 Å². The van der Waals surface area contributed by atoms with Gasteiger partial charge in [-0.15, -0.1) is 0 Å². The van der Waals surface area contributed by atoms with Crippen LogP contribution in [0, 0.1) is 12.8 Å². The Bertz CT molecular complexity index is 394. The first-order valence-corrected chi connectivity index (χ1v) is 7.27. The molecule has 2 aliphatic rings. The molecule has 1 saturated heterocycles. The highest BCUT2D eigenvalue weighted by Gasteiger charge is 2.34. The number of rotatable bonds is 2. The molecule has 1 N–H and O–H groups in total. The fourth-order valence-electron chi connectivity index (χ4n) is 2.73. The van der Waals surface area contributed by atoms with E-state index in [4.69, 9.17) is 0 Å². The summed E-state index contributed by atoms with van der Waals surface area (Å²) in [6.07, 6.45) is 2.84. The van der Waals surface area contributed by atoms with E-state index in [0.717, 1.165) is 19.0 Å². The fraction of sp³-hybridized carbons (Fsp3) is 0.571. The molecule has 1 atom stereocenters. The highest BCUT2D eigenvalue weighted by molar-refractivity contribution is 9.10. The molecule has 0 radical (unpaired) electrons. The predicted octanol–water partition coefficient (Wildman–Crippen LogP) is 2.95. The molecule has 1 aromatic carbocycles. The van der Waals surface area contributed by atoms with E-state index in [0.29, 0.717) is 6.04 Å². The van der Waals surface area contributed by atoms with Crippen molar-refractivity contribution in [1.82, 2.24) is 5.32 Å². The molecule has 1 heterocycles. The van der Waals surface area contributed by atoms with Crippen molar-refractivity contribution in [1.29, 1.82) is 0 Å². The van der Waals surface area contributed by atoms with Crippen molar-refractivity contribution in [3.8, 4) is 0 Å². The van der Waals surface area contributed by atoms with Crippen molar-refractivity contribution < 1.29 is 0 Å². The Morgan fingerprint density at radius 2 is 2.12 bits per heavy atom. The molecule has 2 fully saturated rings. The molecular formula is C14H19BrN2. The van der Waals surface area contributed by atoms with Gasteiger partial charge < -0.3 is 10.2 Å². The van der Waals surface area contributed by atoms with Crippen LogP contribution < -0.4 is 10.2 Å². The maximum Gasteiger partial charge on any atom is 0.0381 e. The zero-order valence-electron chi connectivity index (χ0n) is 10.2. The summed E-state index contributed by atoms with van der Waals surface area (Å²) < 4.78 is 1.19. The van der Waals surface area contributed by atoms with E-state index in [9.17, 15) is 0 Å². The van der Waals surface area contributed by atoms with Gasteiger partial charge in [0.15, 0.2) is 0 Å². The van der Waals surface area contributed by atoms with Crippen LogP contribution in [0.1, 0.15) is 18.4 Å². The third-order valence-corrected chi connectivity index (χ3v) is 4.25. The van der Waals surface area contributed by atoms with E-state index >= 15 is 0 Å². The molecule has 1 saturated carbocycles. The van der Waals surface area contributed by atoms with E-state index in [1.165, 1.54) is 35.1 Å². The Balaban J connectivity index is 1.77. The number of piperazine rings is 1. The predicted molar refractivity (Wildman–Crippen MR) is 75.6 cm³/mol. The topological polar surface area (TPSA) is 15.3 Å². The van der Waals surface area contributed by atoms with Crippen LogP contribution in [0.5, 0.6) is 0 Å². The quantitative estimate of drug-likeness (QED) is 0.902. The van der Waals surface area contributed by atoms with Crippen LogP contribution >= 0.6 is 15.9 Å². The Labute approximate surface area is 112 Å². The lowest BCUT2D eigenvalue weighted by Gasteiger charge is -2.35. The van der Waals surface area contributed by atoms with Crippen molar-refractivity contribution >= 4 is 21.6 Å². The van der Waals surface area contributed by atoms with Gasteiger partial charge in [-0.25, -0.2) is 0 Å². The molecule has 2 nitrogen and oxygen atoms in total. The van der Waals surface area contributed by atoms with Crippen molar-refractivity contribution in [3.05, 3.63) is 28.2 Å². The first-order chi connectivity index (χ1) is 8.22. The van der Waals surface area contributed by atoms with Crippen molar-refractivity contribution in [2.24, 2.45) is 5.92 Å². The number of halogens is 1. The Morgan fingerprint density at radius 1 is 1.29 bits per heavy atom. The highest BCUT2D eigenvalue weighted by atomic mass is 79.9. The second kappa shape index (κ2) is 4.62. The molecule has 1 aromatic rings. The minimum Gasteiger partial charge on any atom is -0.369 e. The van der Waals surface area contributed by atoms with Gasteiger partial charge in [-0.05, 0) is 49.4 Å². The standard InChI is InChI=1S/C14H19BrN2/c1-10-6-12(15)8-13(7-10)17-5-4-16-14(9-17)11-2-3-11/h6-8,11,14,16H,2-5,9H2,1H3. The number of benzene rings is 1. The number of nitrogens with zero attached hydrogens (tertiary/aromatic N) is 1. The molecule has 0 aromatic heterocycles. The molecule has 1 aliphatic heterocycles. The van der Waals surface area contributed by atoms with Gasteiger partial charge in [-0.2, -0.15) is 0 Å². The Hall–Kier alpha value is -0.540. The smallest absolute Gasteiger partial charge is 0.0381 e. The average molecular weight is 295 g/mol. The summed E-state index contributed by atoms with van der Waals surface area (Å²) in [6, 6.07) is 7.41. The summed E-state index contributed by atoms with van der Waals surface area (Å²) in [6.45, 7) is 5.57. The number of hydrogen-bond acceptors (Lipinski definition) is 2. The minimum absolute atomic E-state index is 0.711. The third kappa shape index (κ3) is 2.66. The molecule has 1 unspecified atom stereocenters. The Morgan fingerprint density at radius 3 is 2.82 bits per heavy atom. The first kappa shape index (κ1) is 11.5. The lowest BCUT2D eigenvalue weighted by molar-refractivity contribution is 0.419. The lowest BCUT2D eigenvalue weighted by Crippen LogP contribution is -2.51. The van der Waals surface area contributed by atoms with E-state index in [2.05, 4.69) is 51.3 Å². The summed E-state index contributed by atoms with van der Waals surface area (Å²) in [5.74, 6) is 0.936. The third-order valence-electron chi connectivity index (χ3n) is 3.79. The average Bonchev–Trinajstić information content (AvgIpc) is 3.12. The van der Waals surface area contributed by atoms with Crippen LogP contribution in [-0.4, -0.2) is 25.7 Å². The highest BCUT2D eigenvalue weighted by Crippen LogP contribution is 2.34. The molecule has 3 heteroatoms. The van der Waals surface area contributed by atoms with Gasteiger partial charge in [0.1, 0.15) is 0 Å². The van der Waals surface area contributed by atoms with Gasteiger partial charge in [0.2, 0.25) is 0 Å². The van der Waals surface area contributed by atoms with Crippen LogP contribution in [0.25, 0.3) is 0 Å². The minimum atomic E-state index is 0.711.